The molecule has 1 N–H and O–H groups in total. The smallest absolute Gasteiger partial charge is 0.311 e. The highest BCUT2D eigenvalue weighted by atomic mass is 32.1. The van der Waals surface area contributed by atoms with Crippen molar-refractivity contribution in [2.45, 2.75) is 40.0 Å². The number of hydrogen-bond donors (Lipinski definition) is 1. The summed E-state index contributed by atoms with van der Waals surface area (Å²) in [6, 6.07) is 0. The molecule has 0 amide bonds. The summed E-state index contributed by atoms with van der Waals surface area (Å²) in [7, 11) is 0. The summed E-state index contributed by atoms with van der Waals surface area (Å²) in [5.41, 5.74) is 0.487. The van der Waals surface area contributed by atoms with Crippen LogP contribution in [0.1, 0.15) is 36.8 Å². The molecule has 1 aliphatic rings. The van der Waals surface area contributed by atoms with Crippen LogP contribution in [0.15, 0.2) is 0 Å². The van der Waals surface area contributed by atoms with Gasteiger partial charge in [-0.1, -0.05) is 13.3 Å². The second-order valence-corrected chi connectivity index (χ2v) is 6.33. The Morgan fingerprint density at radius 1 is 1.56 bits per heavy atom. The molecule has 1 atom stereocenters. The third-order valence-electron chi connectivity index (χ3n) is 3.82. The predicted molar refractivity (Wildman–Crippen MR) is 73.4 cm³/mol. The van der Waals surface area contributed by atoms with Crippen molar-refractivity contribution in [1.29, 1.82) is 0 Å². The van der Waals surface area contributed by atoms with Crippen molar-refractivity contribution in [3.8, 4) is 0 Å². The molecule has 2 rings (SSSR count). The van der Waals surface area contributed by atoms with Crippen LogP contribution >= 0.6 is 11.3 Å². The quantitative estimate of drug-likeness (QED) is 0.912. The summed E-state index contributed by atoms with van der Waals surface area (Å²) in [6.45, 7) is 7.51. The molecule has 0 spiro atoms. The molecule has 4 nitrogen and oxygen atoms in total. The zero-order chi connectivity index (χ0) is 13.3. The highest BCUT2D eigenvalue weighted by Crippen LogP contribution is 2.39. The lowest BCUT2D eigenvalue weighted by Crippen LogP contribution is -2.34. The average molecular weight is 268 g/mol. The van der Waals surface area contributed by atoms with Gasteiger partial charge in [0.25, 0.3) is 0 Å². The van der Waals surface area contributed by atoms with E-state index in [4.69, 9.17) is 0 Å². The van der Waals surface area contributed by atoms with E-state index >= 15 is 0 Å². The fourth-order valence-corrected chi connectivity index (χ4v) is 3.53. The van der Waals surface area contributed by atoms with E-state index in [0.29, 0.717) is 6.54 Å². The van der Waals surface area contributed by atoms with Gasteiger partial charge in [-0.2, -0.15) is 0 Å². The van der Waals surface area contributed by atoms with Crippen molar-refractivity contribution in [2.75, 3.05) is 18.0 Å². The third kappa shape index (κ3) is 2.23. The number of thiazole rings is 1. The van der Waals surface area contributed by atoms with Crippen molar-refractivity contribution >= 4 is 22.4 Å². The molecule has 1 fully saturated rings. The Morgan fingerprint density at radius 2 is 2.28 bits per heavy atom. The summed E-state index contributed by atoms with van der Waals surface area (Å²) in [5.74, 6) is -0.656. The average Bonchev–Trinajstić information content (AvgIpc) is 2.86. The molecule has 2 heterocycles. The Balaban J connectivity index is 2.18. The van der Waals surface area contributed by atoms with Crippen LogP contribution in [0.4, 0.5) is 5.13 Å². The number of nitrogens with zero attached hydrogens (tertiary/aromatic N) is 2. The fourth-order valence-electron chi connectivity index (χ4n) is 2.59. The van der Waals surface area contributed by atoms with Gasteiger partial charge in [0, 0.05) is 18.0 Å². The van der Waals surface area contributed by atoms with E-state index in [1.165, 1.54) is 4.88 Å². The second-order valence-electron chi connectivity index (χ2n) is 5.15. The Morgan fingerprint density at radius 3 is 2.78 bits per heavy atom. The van der Waals surface area contributed by atoms with E-state index < -0.39 is 11.4 Å². The standard InChI is InChI=1S/C13H20N2O2S/c1-4-5-13(11(16)17)6-7-15(8-13)12-14-9(2)10(3)18-12/h4-8H2,1-3H3,(H,16,17). The maximum Gasteiger partial charge on any atom is 0.311 e. The van der Waals surface area contributed by atoms with Crippen LogP contribution in [-0.4, -0.2) is 29.1 Å². The van der Waals surface area contributed by atoms with Crippen molar-refractivity contribution in [1.82, 2.24) is 4.98 Å². The molecule has 1 aromatic rings. The van der Waals surface area contributed by atoms with Gasteiger partial charge in [0.2, 0.25) is 0 Å². The molecule has 18 heavy (non-hydrogen) atoms. The fraction of sp³-hybridized carbons (Fsp3) is 0.692. The number of rotatable bonds is 4. The zero-order valence-corrected chi connectivity index (χ0v) is 12.0. The zero-order valence-electron chi connectivity index (χ0n) is 11.2. The van der Waals surface area contributed by atoms with Gasteiger partial charge in [-0.3, -0.25) is 4.79 Å². The molecule has 1 saturated heterocycles. The Bertz CT molecular complexity index is 438. The maximum absolute atomic E-state index is 11.5. The van der Waals surface area contributed by atoms with E-state index in [0.717, 1.165) is 36.6 Å². The number of carbonyl (C=O) groups is 1. The minimum atomic E-state index is -0.656. The SMILES string of the molecule is CCCC1(C(=O)O)CCN(c2nc(C)c(C)s2)C1. The number of hydrogen-bond acceptors (Lipinski definition) is 4. The van der Waals surface area contributed by atoms with E-state index in [9.17, 15) is 9.90 Å². The normalized spacial score (nSPS) is 23.6. The van der Waals surface area contributed by atoms with Gasteiger partial charge in [0.15, 0.2) is 5.13 Å². The van der Waals surface area contributed by atoms with E-state index in [1.807, 2.05) is 13.8 Å². The van der Waals surface area contributed by atoms with Crippen LogP contribution in [0.5, 0.6) is 0 Å². The molecule has 0 saturated carbocycles. The van der Waals surface area contributed by atoms with Crippen LogP contribution in [0.25, 0.3) is 0 Å². The monoisotopic (exact) mass is 268 g/mol. The van der Waals surface area contributed by atoms with Crippen molar-refractivity contribution in [3.63, 3.8) is 0 Å². The number of anilines is 1. The first-order valence-corrected chi connectivity index (χ1v) is 7.22. The topological polar surface area (TPSA) is 53.4 Å². The molecule has 1 aliphatic heterocycles. The van der Waals surface area contributed by atoms with Crippen LogP contribution in [0.3, 0.4) is 0 Å². The molecule has 1 aromatic heterocycles. The minimum absolute atomic E-state index is 0.567. The van der Waals surface area contributed by atoms with Gasteiger partial charge in [0.05, 0.1) is 11.1 Å². The molecule has 0 aliphatic carbocycles. The largest absolute Gasteiger partial charge is 0.481 e. The minimum Gasteiger partial charge on any atom is -0.481 e. The predicted octanol–water partition coefficient (Wildman–Crippen LogP) is 2.84. The number of carboxylic acids is 1. The van der Waals surface area contributed by atoms with Gasteiger partial charge in [-0.05, 0) is 26.7 Å². The van der Waals surface area contributed by atoms with Crippen molar-refractivity contribution in [3.05, 3.63) is 10.6 Å². The molecular weight excluding hydrogens is 248 g/mol. The summed E-state index contributed by atoms with van der Waals surface area (Å²) < 4.78 is 0. The Kier molecular flexibility index (Phi) is 3.61. The first-order chi connectivity index (χ1) is 8.48. The molecule has 1 unspecified atom stereocenters. The molecular formula is C13H20N2O2S. The van der Waals surface area contributed by atoms with Crippen LogP contribution in [-0.2, 0) is 4.79 Å². The lowest BCUT2D eigenvalue weighted by atomic mass is 9.83. The summed E-state index contributed by atoms with van der Waals surface area (Å²) >= 11 is 1.66. The highest BCUT2D eigenvalue weighted by Gasteiger charge is 2.44. The molecule has 0 radical (unpaired) electrons. The van der Waals surface area contributed by atoms with Crippen LogP contribution < -0.4 is 4.90 Å². The van der Waals surface area contributed by atoms with Crippen molar-refractivity contribution in [2.24, 2.45) is 5.41 Å². The van der Waals surface area contributed by atoms with Crippen molar-refractivity contribution < 1.29 is 9.90 Å². The maximum atomic E-state index is 11.5. The Hall–Kier alpha value is -1.10. The highest BCUT2D eigenvalue weighted by molar-refractivity contribution is 7.15. The molecule has 100 valence electrons. The van der Waals surface area contributed by atoms with E-state index in [1.54, 1.807) is 11.3 Å². The van der Waals surface area contributed by atoms with Crippen LogP contribution in [0.2, 0.25) is 0 Å². The third-order valence-corrected chi connectivity index (χ3v) is 4.96. The lowest BCUT2D eigenvalue weighted by Gasteiger charge is -2.23. The van der Waals surface area contributed by atoms with Gasteiger partial charge in [0.1, 0.15) is 0 Å². The number of carboxylic acid groups (broad SMARTS) is 1. The summed E-state index contributed by atoms with van der Waals surface area (Å²) in [4.78, 5) is 19.4. The number of aromatic nitrogens is 1. The van der Waals surface area contributed by atoms with E-state index in [2.05, 4.69) is 16.8 Å². The summed E-state index contributed by atoms with van der Waals surface area (Å²) in [6.07, 6.45) is 2.39. The molecule has 0 bridgehead atoms. The van der Waals surface area contributed by atoms with Gasteiger partial charge in [-0.15, -0.1) is 11.3 Å². The number of aryl methyl sites for hydroxylation is 2. The second kappa shape index (κ2) is 4.88. The molecule has 5 heteroatoms. The van der Waals surface area contributed by atoms with Gasteiger partial charge < -0.3 is 10.0 Å². The Labute approximate surface area is 112 Å². The molecule has 0 aromatic carbocycles. The van der Waals surface area contributed by atoms with Crippen LogP contribution in [0, 0.1) is 19.3 Å². The lowest BCUT2D eigenvalue weighted by molar-refractivity contribution is -0.148. The van der Waals surface area contributed by atoms with Gasteiger partial charge in [-0.25, -0.2) is 4.98 Å². The summed E-state index contributed by atoms with van der Waals surface area (Å²) in [5, 5.41) is 10.5. The van der Waals surface area contributed by atoms with Gasteiger partial charge >= 0.3 is 5.97 Å². The van der Waals surface area contributed by atoms with E-state index in [-0.39, 0.29) is 0 Å². The first-order valence-electron chi connectivity index (χ1n) is 6.41. The number of aliphatic carboxylic acids is 1. The first kappa shape index (κ1) is 13.3.